The highest BCUT2D eigenvalue weighted by atomic mass is 16.2. The van der Waals surface area contributed by atoms with Crippen LogP contribution < -0.4 is 10.9 Å². The summed E-state index contributed by atoms with van der Waals surface area (Å²) in [4.78, 5) is 39.5. The highest BCUT2D eigenvalue weighted by Crippen LogP contribution is 2.21. The Morgan fingerprint density at radius 1 is 1.06 bits per heavy atom. The average molecular weight is 438 g/mol. The molecule has 0 atom stereocenters. The number of hydrogen-bond acceptors (Lipinski definition) is 5. The van der Waals surface area contributed by atoms with Gasteiger partial charge in [-0.3, -0.25) is 24.0 Å². The van der Waals surface area contributed by atoms with Crippen molar-refractivity contribution >= 4 is 22.6 Å². The average Bonchev–Trinajstić information content (AvgIpc) is 3.22. The van der Waals surface area contributed by atoms with Crippen LogP contribution in [0.4, 0.5) is 0 Å². The van der Waals surface area contributed by atoms with Crippen LogP contribution in [-0.4, -0.2) is 29.8 Å². The lowest BCUT2D eigenvalue weighted by Crippen LogP contribution is -2.26. The maximum atomic E-state index is 13.2. The molecule has 5 heterocycles. The summed E-state index contributed by atoms with van der Waals surface area (Å²) in [5, 5.41) is 3.42. The standard InChI is InChI=1S/C25H22N6O2/c1-2-13-30-20(15-19-23(30)29-21-7-3-4-14-31(21)25(19)33)24(32)28-16-18-6-5-10-27-22(18)17-8-11-26-12-9-17/h3-12,14-15H,2,13,16H2,1H3,(H,28,32). The van der Waals surface area contributed by atoms with Crippen molar-refractivity contribution in [1.82, 2.24) is 29.2 Å². The van der Waals surface area contributed by atoms with Crippen molar-refractivity contribution < 1.29 is 4.79 Å². The van der Waals surface area contributed by atoms with Crippen LogP contribution in [0, 0.1) is 0 Å². The third kappa shape index (κ3) is 3.76. The number of aromatic nitrogens is 5. The molecule has 8 nitrogen and oxygen atoms in total. The topological polar surface area (TPSA) is 94.2 Å². The lowest BCUT2D eigenvalue weighted by atomic mass is 10.1. The first kappa shape index (κ1) is 20.6. The van der Waals surface area contributed by atoms with Gasteiger partial charge in [0.05, 0.1) is 11.1 Å². The molecule has 0 aromatic carbocycles. The molecule has 5 aromatic heterocycles. The number of rotatable bonds is 6. The maximum absolute atomic E-state index is 13.2. The zero-order valence-electron chi connectivity index (χ0n) is 18.1. The van der Waals surface area contributed by atoms with Crippen LogP contribution in [0.15, 0.2) is 78.1 Å². The first-order chi connectivity index (χ1) is 16.2. The summed E-state index contributed by atoms with van der Waals surface area (Å²) < 4.78 is 3.32. The van der Waals surface area contributed by atoms with Crippen molar-refractivity contribution in [2.45, 2.75) is 26.4 Å². The van der Waals surface area contributed by atoms with Gasteiger partial charge in [0.1, 0.15) is 17.0 Å². The predicted molar refractivity (Wildman–Crippen MR) is 126 cm³/mol. The van der Waals surface area contributed by atoms with Crippen LogP contribution >= 0.6 is 0 Å². The molecule has 0 unspecified atom stereocenters. The Balaban J connectivity index is 1.51. The van der Waals surface area contributed by atoms with E-state index in [4.69, 9.17) is 0 Å². The first-order valence-electron chi connectivity index (χ1n) is 10.8. The minimum atomic E-state index is -0.264. The fraction of sp³-hybridized carbons (Fsp3) is 0.160. The molecule has 0 saturated carbocycles. The monoisotopic (exact) mass is 438 g/mol. The largest absolute Gasteiger partial charge is 0.347 e. The van der Waals surface area contributed by atoms with E-state index >= 15 is 0 Å². The summed E-state index contributed by atoms with van der Waals surface area (Å²) in [5.74, 6) is -0.264. The minimum Gasteiger partial charge on any atom is -0.347 e. The van der Waals surface area contributed by atoms with Gasteiger partial charge < -0.3 is 9.88 Å². The second-order valence-electron chi connectivity index (χ2n) is 7.69. The third-order valence-electron chi connectivity index (χ3n) is 5.54. The zero-order valence-corrected chi connectivity index (χ0v) is 18.1. The van der Waals surface area contributed by atoms with Crippen LogP contribution in [0.2, 0.25) is 0 Å². The summed E-state index contributed by atoms with van der Waals surface area (Å²) in [7, 11) is 0. The van der Waals surface area contributed by atoms with Gasteiger partial charge in [-0.1, -0.05) is 19.1 Å². The molecule has 0 saturated heterocycles. The normalized spacial score (nSPS) is 11.2. The number of amides is 1. The van der Waals surface area contributed by atoms with Gasteiger partial charge in [-0.05, 0) is 48.4 Å². The SMILES string of the molecule is CCCn1c(C(=O)NCc2cccnc2-c2ccncc2)cc2c(=O)n3ccccc3nc21. The minimum absolute atomic E-state index is 0.188. The smallest absolute Gasteiger partial charge is 0.268 e. The number of aryl methyl sites for hydroxylation is 1. The second-order valence-corrected chi connectivity index (χ2v) is 7.69. The van der Waals surface area contributed by atoms with Gasteiger partial charge in [-0.25, -0.2) is 4.98 Å². The fourth-order valence-electron chi connectivity index (χ4n) is 4.01. The van der Waals surface area contributed by atoms with Gasteiger partial charge in [0.2, 0.25) is 0 Å². The fourth-order valence-corrected chi connectivity index (χ4v) is 4.01. The molecule has 1 amide bonds. The summed E-state index contributed by atoms with van der Waals surface area (Å²) in [5.41, 5.74) is 3.92. The summed E-state index contributed by atoms with van der Waals surface area (Å²) >= 11 is 0. The Morgan fingerprint density at radius 3 is 2.73 bits per heavy atom. The van der Waals surface area contributed by atoms with Crippen LogP contribution in [0.25, 0.3) is 27.9 Å². The molecule has 0 aliphatic carbocycles. The van der Waals surface area contributed by atoms with Crippen molar-refractivity contribution in [2.75, 3.05) is 0 Å². The van der Waals surface area contributed by atoms with Crippen molar-refractivity contribution in [1.29, 1.82) is 0 Å². The van der Waals surface area contributed by atoms with E-state index < -0.39 is 0 Å². The third-order valence-corrected chi connectivity index (χ3v) is 5.54. The van der Waals surface area contributed by atoms with Gasteiger partial charge in [-0.2, -0.15) is 0 Å². The van der Waals surface area contributed by atoms with E-state index in [0.717, 1.165) is 23.2 Å². The van der Waals surface area contributed by atoms with Crippen molar-refractivity contribution in [3.63, 3.8) is 0 Å². The highest BCUT2D eigenvalue weighted by molar-refractivity contribution is 5.98. The number of fused-ring (bicyclic) bond motifs is 2. The Morgan fingerprint density at radius 2 is 1.91 bits per heavy atom. The molecule has 164 valence electrons. The highest BCUT2D eigenvalue weighted by Gasteiger charge is 2.19. The zero-order chi connectivity index (χ0) is 22.8. The van der Waals surface area contributed by atoms with Crippen molar-refractivity contribution in [2.24, 2.45) is 0 Å². The molecule has 5 aromatic rings. The molecule has 5 rings (SSSR count). The predicted octanol–water partition coefficient (Wildman–Crippen LogP) is 3.45. The number of nitrogens with one attached hydrogen (secondary N) is 1. The number of carbonyl (C=O) groups is 1. The molecule has 1 N–H and O–H groups in total. The van der Waals surface area contributed by atoms with Crippen LogP contribution in [0.1, 0.15) is 29.4 Å². The van der Waals surface area contributed by atoms with E-state index in [0.29, 0.717) is 35.5 Å². The molecular weight excluding hydrogens is 416 g/mol. The van der Waals surface area contributed by atoms with Gasteiger partial charge in [0.25, 0.3) is 11.5 Å². The number of nitrogens with zero attached hydrogens (tertiary/aromatic N) is 5. The quantitative estimate of drug-likeness (QED) is 0.438. The molecule has 0 bridgehead atoms. The first-order valence-corrected chi connectivity index (χ1v) is 10.8. The number of carbonyl (C=O) groups excluding carboxylic acids is 1. The summed E-state index contributed by atoms with van der Waals surface area (Å²) in [6.45, 7) is 2.90. The van der Waals surface area contributed by atoms with E-state index in [1.165, 1.54) is 4.40 Å². The molecule has 8 heteroatoms. The Bertz CT molecular complexity index is 1520. The molecule has 0 aliphatic rings. The summed E-state index contributed by atoms with van der Waals surface area (Å²) in [6, 6.07) is 14.6. The molecular formula is C25H22N6O2. The number of hydrogen-bond donors (Lipinski definition) is 1. The molecule has 0 fully saturated rings. The van der Waals surface area contributed by atoms with Crippen molar-refractivity contribution in [3.05, 3.63) is 94.9 Å². The summed E-state index contributed by atoms with van der Waals surface area (Å²) in [6.07, 6.45) is 7.64. The van der Waals surface area contributed by atoms with E-state index in [2.05, 4.69) is 20.3 Å². The van der Waals surface area contributed by atoms with Crippen LogP contribution in [0.5, 0.6) is 0 Å². The molecule has 33 heavy (non-hydrogen) atoms. The Labute approximate surface area is 189 Å². The Kier molecular flexibility index (Phi) is 5.40. The van der Waals surface area contributed by atoms with Gasteiger partial charge in [0, 0.05) is 43.4 Å². The van der Waals surface area contributed by atoms with Crippen molar-refractivity contribution in [3.8, 4) is 11.3 Å². The van der Waals surface area contributed by atoms with E-state index in [9.17, 15) is 9.59 Å². The van der Waals surface area contributed by atoms with E-state index in [1.54, 1.807) is 43.0 Å². The lowest BCUT2D eigenvalue weighted by molar-refractivity contribution is 0.0942. The van der Waals surface area contributed by atoms with E-state index in [-0.39, 0.29) is 11.5 Å². The maximum Gasteiger partial charge on any atom is 0.268 e. The van der Waals surface area contributed by atoms with Crippen LogP contribution in [0.3, 0.4) is 0 Å². The van der Waals surface area contributed by atoms with Gasteiger partial charge in [0.15, 0.2) is 0 Å². The van der Waals surface area contributed by atoms with Gasteiger partial charge in [-0.15, -0.1) is 0 Å². The molecule has 0 radical (unpaired) electrons. The lowest BCUT2D eigenvalue weighted by Gasteiger charge is -2.12. The molecule has 0 spiro atoms. The molecule has 0 aliphatic heterocycles. The van der Waals surface area contributed by atoms with Crippen LogP contribution in [-0.2, 0) is 13.1 Å². The second kappa shape index (κ2) is 8.66. The Hall–Kier alpha value is -4.33. The number of pyridine rings is 3. The van der Waals surface area contributed by atoms with Gasteiger partial charge >= 0.3 is 0 Å². The van der Waals surface area contributed by atoms with E-state index in [1.807, 2.05) is 41.8 Å².